The van der Waals surface area contributed by atoms with Crippen LogP contribution in [0, 0.1) is 0 Å². The van der Waals surface area contributed by atoms with Gasteiger partial charge in [-0.25, -0.2) is 0 Å². The molecule has 4 nitrogen and oxygen atoms in total. The largest absolute Gasteiger partial charge is 0.437 e. The molecule has 0 aliphatic carbocycles. The van der Waals surface area contributed by atoms with Gasteiger partial charge in [0.25, 0.3) is 0 Å². The Kier molecular flexibility index (Phi) is 5.25. The number of nitrogens with zero attached hydrogens (tertiary/aromatic N) is 2. The SMILES string of the molecule is CCc1nnc(Oc2ccc(Br)cc2)c(C(N)=S)c1CC. The van der Waals surface area contributed by atoms with Crippen LogP contribution in [0.5, 0.6) is 11.6 Å². The minimum atomic E-state index is 0.281. The van der Waals surface area contributed by atoms with Gasteiger partial charge in [0.1, 0.15) is 10.7 Å². The fourth-order valence-corrected chi connectivity index (χ4v) is 2.57. The van der Waals surface area contributed by atoms with E-state index in [1.807, 2.05) is 38.1 Å². The minimum Gasteiger partial charge on any atom is -0.437 e. The second kappa shape index (κ2) is 6.95. The lowest BCUT2D eigenvalue weighted by Gasteiger charge is -2.14. The van der Waals surface area contributed by atoms with Crippen LogP contribution in [-0.4, -0.2) is 15.2 Å². The molecule has 0 saturated heterocycles. The van der Waals surface area contributed by atoms with Gasteiger partial charge in [-0.15, -0.1) is 5.10 Å². The van der Waals surface area contributed by atoms with Crippen LogP contribution >= 0.6 is 28.1 Å². The van der Waals surface area contributed by atoms with Crippen molar-refractivity contribution >= 4 is 33.1 Å². The van der Waals surface area contributed by atoms with Crippen LogP contribution in [-0.2, 0) is 12.8 Å². The van der Waals surface area contributed by atoms with E-state index < -0.39 is 0 Å². The highest BCUT2D eigenvalue weighted by Crippen LogP contribution is 2.28. The summed E-state index contributed by atoms with van der Waals surface area (Å²) in [6.45, 7) is 4.07. The molecule has 6 heteroatoms. The van der Waals surface area contributed by atoms with Crippen molar-refractivity contribution in [3.63, 3.8) is 0 Å². The van der Waals surface area contributed by atoms with Crippen molar-refractivity contribution in [2.24, 2.45) is 5.73 Å². The number of halogens is 1. The lowest BCUT2D eigenvalue weighted by molar-refractivity contribution is 0.451. The lowest BCUT2D eigenvalue weighted by Crippen LogP contribution is -2.17. The fourth-order valence-electron chi connectivity index (χ4n) is 2.09. The van der Waals surface area contributed by atoms with Gasteiger partial charge in [-0.05, 0) is 42.7 Å². The summed E-state index contributed by atoms with van der Waals surface area (Å²) >= 11 is 8.56. The molecule has 2 N–H and O–H groups in total. The molecule has 2 rings (SSSR count). The Balaban J connectivity index is 2.48. The van der Waals surface area contributed by atoms with Gasteiger partial charge in [0, 0.05) is 4.47 Å². The Labute approximate surface area is 137 Å². The maximum absolute atomic E-state index is 5.87. The van der Waals surface area contributed by atoms with Crippen molar-refractivity contribution in [2.45, 2.75) is 26.7 Å². The molecule has 0 spiro atoms. The number of hydrogen-bond acceptors (Lipinski definition) is 4. The Hall–Kier alpha value is -1.53. The van der Waals surface area contributed by atoms with E-state index in [-0.39, 0.29) is 4.99 Å². The third-order valence-electron chi connectivity index (χ3n) is 3.09. The molecule has 0 amide bonds. The van der Waals surface area contributed by atoms with E-state index >= 15 is 0 Å². The van der Waals surface area contributed by atoms with Crippen LogP contribution in [0.25, 0.3) is 0 Å². The minimum absolute atomic E-state index is 0.281. The van der Waals surface area contributed by atoms with Crippen molar-refractivity contribution in [2.75, 3.05) is 0 Å². The van der Waals surface area contributed by atoms with E-state index in [9.17, 15) is 0 Å². The van der Waals surface area contributed by atoms with Gasteiger partial charge in [0.2, 0.25) is 5.88 Å². The summed E-state index contributed by atoms with van der Waals surface area (Å²) in [4.78, 5) is 0.281. The van der Waals surface area contributed by atoms with Gasteiger partial charge in [0.15, 0.2) is 0 Å². The van der Waals surface area contributed by atoms with Gasteiger partial charge in [-0.2, -0.15) is 5.10 Å². The van der Waals surface area contributed by atoms with Crippen LogP contribution in [0.4, 0.5) is 0 Å². The van der Waals surface area contributed by atoms with Gasteiger partial charge in [-0.1, -0.05) is 42.0 Å². The molecule has 21 heavy (non-hydrogen) atoms. The normalized spacial score (nSPS) is 10.4. The van der Waals surface area contributed by atoms with Crippen LogP contribution in [0.2, 0.25) is 0 Å². The van der Waals surface area contributed by atoms with E-state index in [0.29, 0.717) is 17.2 Å². The number of aryl methyl sites for hydroxylation is 1. The summed E-state index contributed by atoms with van der Waals surface area (Å²) in [6.07, 6.45) is 1.56. The van der Waals surface area contributed by atoms with Crippen molar-refractivity contribution in [1.29, 1.82) is 0 Å². The summed E-state index contributed by atoms with van der Waals surface area (Å²) in [5.41, 5.74) is 8.46. The molecule has 1 heterocycles. The first-order valence-electron chi connectivity index (χ1n) is 6.68. The number of nitrogens with two attached hydrogens (primary N) is 1. The summed E-state index contributed by atoms with van der Waals surface area (Å²) in [5, 5.41) is 8.37. The Morgan fingerprint density at radius 1 is 1.19 bits per heavy atom. The first kappa shape index (κ1) is 15.9. The van der Waals surface area contributed by atoms with E-state index in [4.69, 9.17) is 22.7 Å². The number of ether oxygens (including phenoxy) is 1. The molecule has 0 aliphatic heterocycles. The van der Waals surface area contributed by atoms with Gasteiger partial charge >= 0.3 is 0 Å². The summed E-state index contributed by atoms with van der Waals surface area (Å²) < 4.78 is 6.78. The molecule has 0 atom stereocenters. The molecular weight excluding hydrogens is 350 g/mol. The molecule has 0 unspecified atom stereocenters. The van der Waals surface area contributed by atoms with Crippen LogP contribution in [0.1, 0.15) is 30.7 Å². The standard InChI is InChI=1S/C15H16BrN3OS/c1-3-11-12(4-2)18-19-15(13(11)14(17)21)20-10-7-5-9(16)6-8-10/h5-8H,3-4H2,1-2H3,(H2,17,21). The van der Waals surface area contributed by atoms with Crippen LogP contribution < -0.4 is 10.5 Å². The predicted molar refractivity (Wildman–Crippen MR) is 90.9 cm³/mol. The van der Waals surface area contributed by atoms with E-state index in [1.165, 1.54) is 0 Å². The molecule has 0 fully saturated rings. The maximum atomic E-state index is 5.87. The Morgan fingerprint density at radius 2 is 1.86 bits per heavy atom. The Bertz CT molecular complexity index is 659. The molecule has 0 bridgehead atoms. The molecule has 0 radical (unpaired) electrons. The number of aromatic nitrogens is 2. The summed E-state index contributed by atoms with van der Waals surface area (Å²) in [7, 11) is 0. The summed E-state index contributed by atoms with van der Waals surface area (Å²) in [5.74, 6) is 1.02. The molecule has 110 valence electrons. The zero-order valence-electron chi connectivity index (χ0n) is 11.9. The molecule has 1 aromatic carbocycles. The monoisotopic (exact) mass is 365 g/mol. The quantitative estimate of drug-likeness (QED) is 0.816. The molecule has 0 saturated carbocycles. The lowest BCUT2D eigenvalue weighted by atomic mass is 10.0. The summed E-state index contributed by atoms with van der Waals surface area (Å²) in [6, 6.07) is 7.47. The number of rotatable bonds is 5. The smallest absolute Gasteiger partial charge is 0.249 e. The maximum Gasteiger partial charge on any atom is 0.249 e. The van der Waals surface area contributed by atoms with Crippen LogP contribution in [0.3, 0.4) is 0 Å². The van der Waals surface area contributed by atoms with Crippen LogP contribution in [0.15, 0.2) is 28.7 Å². The number of thiocarbonyl (C=S) groups is 1. The van der Waals surface area contributed by atoms with Crippen molar-refractivity contribution < 1.29 is 4.74 Å². The average molecular weight is 366 g/mol. The first-order chi connectivity index (χ1) is 10.1. The first-order valence-corrected chi connectivity index (χ1v) is 7.88. The van der Waals surface area contributed by atoms with E-state index in [1.54, 1.807) is 0 Å². The zero-order valence-corrected chi connectivity index (χ0v) is 14.3. The molecule has 1 aromatic heterocycles. The van der Waals surface area contributed by atoms with Crippen molar-refractivity contribution in [3.05, 3.63) is 45.6 Å². The fraction of sp³-hybridized carbons (Fsp3) is 0.267. The average Bonchev–Trinajstić information content (AvgIpc) is 2.48. The van der Waals surface area contributed by atoms with Gasteiger partial charge in [-0.3, -0.25) is 0 Å². The second-order valence-electron chi connectivity index (χ2n) is 4.43. The predicted octanol–water partition coefficient (Wildman–Crippen LogP) is 3.79. The Morgan fingerprint density at radius 3 is 2.38 bits per heavy atom. The van der Waals surface area contributed by atoms with E-state index in [0.717, 1.165) is 28.6 Å². The van der Waals surface area contributed by atoms with Crippen molar-refractivity contribution in [1.82, 2.24) is 10.2 Å². The zero-order chi connectivity index (χ0) is 15.4. The highest BCUT2D eigenvalue weighted by molar-refractivity contribution is 9.10. The highest BCUT2D eigenvalue weighted by atomic mass is 79.9. The van der Waals surface area contributed by atoms with Gasteiger partial charge < -0.3 is 10.5 Å². The van der Waals surface area contributed by atoms with Gasteiger partial charge in [0.05, 0.1) is 11.3 Å². The topological polar surface area (TPSA) is 61.0 Å². The molecule has 0 aliphatic rings. The number of benzene rings is 1. The van der Waals surface area contributed by atoms with E-state index in [2.05, 4.69) is 26.1 Å². The highest BCUT2D eigenvalue weighted by Gasteiger charge is 2.18. The third kappa shape index (κ3) is 3.57. The molecular formula is C15H16BrN3OS. The molecule has 2 aromatic rings. The second-order valence-corrected chi connectivity index (χ2v) is 5.79. The van der Waals surface area contributed by atoms with Crippen molar-refractivity contribution in [3.8, 4) is 11.6 Å². The number of hydrogen-bond donors (Lipinski definition) is 1. The third-order valence-corrected chi connectivity index (χ3v) is 3.82.